The molecule has 0 saturated carbocycles. The molecule has 0 bridgehead atoms. The Hall–Kier alpha value is -0.860. The SMILES string of the molecule is CNC(C)c1cc2ccccc2s1. The van der Waals surface area contributed by atoms with Gasteiger partial charge in [-0.2, -0.15) is 0 Å². The first-order valence-electron chi connectivity index (χ1n) is 4.47. The molecule has 1 nitrogen and oxygen atoms in total. The smallest absolute Gasteiger partial charge is 0.0384 e. The highest BCUT2D eigenvalue weighted by Crippen LogP contribution is 2.29. The fourth-order valence-corrected chi connectivity index (χ4v) is 2.48. The van der Waals surface area contributed by atoms with Crippen molar-refractivity contribution in [2.24, 2.45) is 0 Å². The molecule has 0 amide bonds. The monoisotopic (exact) mass is 191 g/mol. The second kappa shape index (κ2) is 3.48. The lowest BCUT2D eigenvalue weighted by Crippen LogP contribution is -2.10. The van der Waals surface area contributed by atoms with Crippen molar-refractivity contribution in [3.63, 3.8) is 0 Å². The highest BCUT2D eigenvalue weighted by molar-refractivity contribution is 7.19. The van der Waals surface area contributed by atoms with Crippen LogP contribution >= 0.6 is 11.3 Å². The largest absolute Gasteiger partial charge is 0.313 e. The summed E-state index contributed by atoms with van der Waals surface area (Å²) in [4.78, 5) is 1.41. The maximum Gasteiger partial charge on any atom is 0.0384 e. The van der Waals surface area contributed by atoms with Gasteiger partial charge >= 0.3 is 0 Å². The van der Waals surface area contributed by atoms with Gasteiger partial charge in [0.05, 0.1) is 0 Å². The van der Waals surface area contributed by atoms with Crippen molar-refractivity contribution in [1.29, 1.82) is 0 Å². The Bertz CT molecular complexity index is 372. The molecule has 2 aromatic rings. The van der Waals surface area contributed by atoms with Gasteiger partial charge in [-0.1, -0.05) is 18.2 Å². The van der Waals surface area contributed by atoms with Crippen LogP contribution in [0.4, 0.5) is 0 Å². The Labute approximate surface area is 82.4 Å². The Morgan fingerprint density at radius 2 is 2.08 bits per heavy atom. The van der Waals surface area contributed by atoms with Crippen LogP contribution in [0.3, 0.4) is 0 Å². The Morgan fingerprint density at radius 3 is 2.77 bits per heavy atom. The molecule has 1 aromatic heterocycles. The molecule has 0 radical (unpaired) electrons. The number of benzene rings is 1. The number of nitrogens with one attached hydrogen (secondary N) is 1. The summed E-state index contributed by atoms with van der Waals surface area (Å²) in [6.07, 6.45) is 0. The Balaban J connectivity index is 2.49. The van der Waals surface area contributed by atoms with Crippen LogP contribution in [0, 0.1) is 0 Å². The Morgan fingerprint density at radius 1 is 1.31 bits per heavy atom. The number of hydrogen-bond acceptors (Lipinski definition) is 2. The van der Waals surface area contributed by atoms with Gasteiger partial charge < -0.3 is 5.32 Å². The van der Waals surface area contributed by atoms with Gasteiger partial charge in [-0.05, 0) is 31.5 Å². The molecule has 0 aliphatic carbocycles. The van der Waals surface area contributed by atoms with Crippen molar-refractivity contribution < 1.29 is 0 Å². The van der Waals surface area contributed by atoms with Crippen molar-refractivity contribution in [3.05, 3.63) is 35.2 Å². The van der Waals surface area contributed by atoms with E-state index in [2.05, 4.69) is 42.6 Å². The molecule has 1 aromatic carbocycles. The Kier molecular flexibility index (Phi) is 2.34. The van der Waals surface area contributed by atoms with Crippen LogP contribution in [0.2, 0.25) is 0 Å². The second-order valence-electron chi connectivity index (χ2n) is 3.20. The van der Waals surface area contributed by atoms with Gasteiger partial charge in [-0.3, -0.25) is 0 Å². The van der Waals surface area contributed by atoms with E-state index in [0.717, 1.165) is 0 Å². The van der Waals surface area contributed by atoms with E-state index >= 15 is 0 Å². The van der Waals surface area contributed by atoms with E-state index in [4.69, 9.17) is 0 Å². The standard InChI is InChI=1S/C11H13NS/c1-8(12-2)11-7-9-5-3-4-6-10(9)13-11/h3-8,12H,1-2H3. The fourth-order valence-electron chi connectivity index (χ4n) is 1.36. The number of hydrogen-bond donors (Lipinski definition) is 1. The summed E-state index contributed by atoms with van der Waals surface area (Å²) in [5, 5.41) is 4.60. The van der Waals surface area contributed by atoms with Crippen LogP contribution < -0.4 is 5.32 Å². The van der Waals surface area contributed by atoms with Crippen molar-refractivity contribution >= 4 is 21.4 Å². The molecular weight excluding hydrogens is 178 g/mol. The molecule has 0 aliphatic rings. The van der Waals surface area contributed by atoms with E-state index in [1.54, 1.807) is 0 Å². The molecular formula is C11H13NS. The summed E-state index contributed by atoms with van der Waals surface area (Å²) in [6.45, 7) is 2.19. The molecule has 1 N–H and O–H groups in total. The normalized spacial score (nSPS) is 13.4. The van der Waals surface area contributed by atoms with Gasteiger partial charge in [0, 0.05) is 15.6 Å². The molecule has 0 saturated heterocycles. The van der Waals surface area contributed by atoms with Crippen LogP contribution in [0.25, 0.3) is 10.1 Å². The molecule has 2 heteroatoms. The van der Waals surface area contributed by atoms with Crippen LogP contribution in [0.1, 0.15) is 17.8 Å². The lowest BCUT2D eigenvalue weighted by Gasteiger charge is -2.05. The summed E-state index contributed by atoms with van der Waals surface area (Å²) in [7, 11) is 2.00. The van der Waals surface area contributed by atoms with E-state index in [-0.39, 0.29) is 0 Å². The van der Waals surface area contributed by atoms with Gasteiger partial charge in [-0.25, -0.2) is 0 Å². The van der Waals surface area contributed by atoms with Crippen molar-refractivity contribution in [3.8, 4) is 0 Å². The summed E-state index contributed by atoms with van der Waals surface area (Å²) < 4.78 is 1.37. The van der Waals surface area contributed by atoms with E-state index in [1.807, 2.05) is 18.4 Å². The van der Waals surface area contributed by atoms with Gasteiger partial charge in [0.15, 0.2) is 0 Å². The fraction of sp³-hybridized carbons (Fsp3) is 0.273. The zero-order valence-electron chi connectivity index (χ0n) is 7.87. The third-order valence-electron chi connectivity index (χ3n) is 2.30. The van der Waals surface area contributed by atoms with Gasteiger partial charge in [-0.15, -0.1) is 11.3 Å². The van der Waals surface area contributed by atoms with E-state index in [0.29, 0.717) is 6.04 Å². The quantitative estimate of drug-likeness (QED) is 0.768. The van der Waals surface area contributed by atoms with Crippen molar-refractivity contribution in [1.82, 2.24) is 5.32 Å². The molecule has 1 atom stereocenters. The first-order valence-corrected chi connectivity index (χ1v) is 5.28. The van der Waals surface area contributed by atoms with Crippen LogP contribution in [0.5, 0.6) is 0 Å². The predicted molar refractivity (Wildman–Crippen MR) is 59.3 cm³/mol. The minimum absolute atomic E-state index is 0.456. The maximum absolute atomic E-state index is 3.25. The molecule has 2 rings (SSSR count). The molecule has 0 spiro atoms. The van der Waals surface area contributed by atoms with Crippen LogP contribution in [-0.2, 0) is 0 Å². The topological polar surface area (TPSA) is 12.0 Å². The average molecular weight is 191 g/mol. The first-order chi connectivity index (χ1) is 6.31. The molecule has 13 heavy (non-hydrogen) atoms. The zero-order chi connectivity index (χ0) is 9.26. The summed E-state index contributed by atoms with van der Waals surface area (Å²) in [5.74, 6) is 0. The minimum atomic E-state index is 0.456. The summed E-state index contributed by atoms with van der Waals surface area (Å²) >= 11 is 1.87. The van der Waals surface area contributed by atoms with Crippen molar-refractivity contribution in [2.75, 3.05) is 7.05 Å². The first kappa shape index (κ1) is 8.73. The van der Waals surface area contributed by atoms with E-state index in [9.17, 15) is 0 Å². The van der Waals surface area contributed by atoms with Crippen LogP contribution in [0.15, 0.2) is 30.3 Å². The van der Waals surface area contributed by atoms with Gasteiger partial charge in [0.1, 0.15) is 0 Å². The molecule has 1 heterocycles. The second-order valence-corrected chi connectivity index (χ2v) is 4.31. The number of rotatable bonds is 2. The molecule has 0 aliphatic heterocycles. The lowest BCUT2D eigenvalue weighted by atomic mass is 10.2. The molecule has 0 fully saturated rings. The lowest BCUT2D eigenvalue weighted by molar-refractivity contribution is 0.664. The molecule has 68 valence electrons. The van der Waals surface area contributed by atoms with Crippen molar-refractivity contribution in [2.45, 2.75) is 13.0 Å². The predicted octanol–water partition coefficient (Wildman–Crippen LogP) is 3.18. The number of fused-ring (bicyclic) bond motifs is 1. The van der Waals surface area contributed by atoms with Gasteiger partial charge in [0.25, 0.3) is 0 Å². The van der Waals surface area contributed by atoms with Gasteiger partial charge in [0.2, 0.25) is 0 Å². The summed E-state index contributed by atoms with van der Waals surface area (Å²) in [5.41, 5.74) is 0. The number of thiophene rings is 1. The third kappa shape index (κ3) is 1.60. The highest BCUT2D eigenvalue weighted by Gasteiger charge is 2.06. The van der Waals surface area contributed by atoms with E-state index < -0.39 is 0 Å². The maximum atomic E-state index is 3.25. The minimum Gasteiger partial charge on any atom is -0.313 e. The zero-order valence-corrected chi connectivity index (χ0v) is 8.69. The van der Waals surface area contributed by atoms with Crippen LogP contribution in [-0.4, -0.2) is 7.05 Å². The molecule has 1 unspecified atom stereocenters. The highest BCUT2D eigenvalue weighted by atomic mass is 32.1. The van der Waals surface area contributed by atoms with E-state index in [1.165, 1.54) is 15.0 Å². The third-order valence-corrected chi connectivity index (χ3v) is 3.60. The average Bonchev–Trinajstić information content (AvgIpc) is 2.59. The summed E-state index contributed by atoms with van der Waals surface area (Å²) in [6, 6.07) is 11.2.